The normalized spacial score (nSPS) is 17.0. The molecule has 1 fully saturated rings. The summed E-state index contributed by atoms with van der Waals surface area (Å²) >= 11 is 1.31. The molecule has 22 heavy (non-hydrogen) atoms. The van der Waals surface area contributed by atoms with Crippen molar-refractivity contribution in [3.63, 3.8) is 0 Å². The first-order chi connectivity index (χ1) is 10.1. The molecular formula is C14H18N2O5S. The van der Waals surface area contributed by atoms with E-state index in [-0.39, 0.29) is 11.4 Å². The summed E-state index contributed by atoms with van der Waals surface area (Å²) in [7, 11) is 0. The van der Waals surface area contributed by atoms with Gasteiger partial charge in [0.25, 0.3) is 0 Å². The number of carboxylic acid groups (broad SMARTS) is 1. The number of oxime groups is 1. The number of carbonyl (C=O) groups excluding carboxylic acids is 1. The fourth-order valence-corrected chi connectivity index (χ4v) is 2.22. The topological polar surface area (TPSA) is 98.1 Å². The van der Waals surface area contributed by atoms with E-state index in [1.54, 1.807) is 33.1 Å². The van der Waals surface area contributed by atoms with Crippen molar-refractivity contribution in [3.8, 4) is 0 Å². The van der Waals surface area contributed by atoms with Crippen molar-refractivity contribution in [2.75, 3.05) is 0 Å². The molecule has 1 aromatic heterocycles. The maximum Gasteiger partial charge on any atom is 0.360 e. The quantitative estimate of drug-likeness (QED) is 0.505. The number of hydrogen-bond acceptors (Lipinski definition) is 7. The number of ether oxygens (including phenoxy) is 1. The van der Waals surface area contributed by atoms with Gasteiger partial charge in [-0.15, -0.1) is 11.3 Å². The SMILES string of the molecule is Cc1nc(/C(=N/OC2(C(=O)OC(C)(C)C)CC2)C(=O)O)cs1. The Hall–Kier alpha value is -1.96. The number of nitrogens with zero attached hydrogens (tertiary/aromatic N) is 2. The molecule has 0 aliphatic heterocycles. The summed E-state index contributed by atoms with van der Waals surface area (Å²) in [6.45, 7) is 7.03. The number of hydrogen-bond donors (Lipinski definition) is 1. The van der Waals surface area contributed by atoms with Gasteiger partial charge in [-0.1, -0.05) is 5.16 Å². The molecule has 7 nitrogen and oxygen atoms in total. The molecule has 0 radical (unpaired) electrons. The predicted molar refractivity (Wildman–Crippen MR) is 79.9 cm³/mol. The number of esters is 1. The zero-order chi connectivity index (χ0) is 16.5. The predicted octanol–water partition coefficient (Wildman–Crippen LogP) is 2.13. The van der Waals surface area contributed by atoms with Crippen LogP contribution in [0.15, 0.2) is 10.5 Å². The van der Waals surface area contributed by atoms with Gasteiger partial charge in [-0.25, -0.2) is 14.6 Å². The monoisotopic (exact) mass is 326 g/mol. The standard InChI is InChI=1S/C14H18N2O5S/c1-8-15-9(7-22-8)10(11(17)18)16-21-14(5-6-14)12(19)20-13(2,3)4/h7H,5-6H2,1-4H3,(H,17,18)/b16-10-. The fraction of sp³-hybridized carbons (Fsp3) is 0.571. The highest BCUT2D eigenvalue weighted by Crippen LogP contribution is 2.42. The summed E-state index contributed by atoms with van der Waals surface area (Å²) in [5.41, 5.74) is -1.91. The third-order valence-corrected chi connectivity index (χ3v) is 3.62. The van der Waals surface area contributed by atoms with Gasteiger partial charge >= 0.3 is 11.9 Å². The lowest BCUT2D eigenvalue weighted by molar-refractivity contribution is -0.172. The van der Waals surface area contributed by atoms with Crippen LogP contribution in [0.5, 0.6) is 0 Å². The minimum atomic E-state index is -1.26. The molecule has 8 heteroatoms. The van der Waals surface area contributed by atoms with Gasteiger partial charge in [-0.05, 0) is 27.7 Å². The van der Waals surface area contributed by atoms with Crippen LogP contribution in [0.1, 0.15) is 44.3 Å². The van der Waals surface area contributed by atoms with E-state index in [0.717, 1.165) is 5.01 Å². The van der Waals surface area contributed by atoms with Gasteiger partial charge in [0.1, 0.15) is 11.3 Å². The first kappa shape index (κ1) is 16.4. The van der Waals surface area contributed by atoms with E-state index in [4.69, 9.17) is 9.57 Å². The second kappa shape index (κ2) is 5.68. The Labute approximate surface area is 131 Å². The largest absolute Gasteiger partial charge is 0.476 e. The van der Waals surface area contributed by atoms with Crippen molar-refractivity contribution in [1.29, 1.82) is 0 Å². The van der Waals surface area contributed by atoms with Crippen molar-refractivity contribution in [1.82, 2.24) is 4.98 Å². The molecule has 0 aromatic carbocycles. The van der Waals surface area contributed by atoms with Crippen LogP contribution in [0.4, 0.5) is 0 Å². The first-order valence-corrected chi connectivity index (χ1v) is 7.66. The second-order valence-corrected chi connectivity index (χ2v) is 7.15. The third-order valence-electron chi connectivity index (χ3n) is 2.85. The molecule has 1 saturated carbocycles. The van der Waals surface area contributed by atoms with E-state index in [2.05, 4.69) is 10.1 Å². The van der Waals surface area contributed by atoms with Crippen LogP contribution in [-0.2, 0) is 19.2 Å². The molecule has 1 aromatic rings. The zero-order valence-corrected chi connectivity index (χ0v) is 13.7. The maximum absolute atomic E-state index is 12.1. The average Bonchev–Trinajstić information content (AvgIpc) is 3.04. The molecule has 0 saturated heterocycles. The van der Waals surface area contributed by atoms with Gasteiger partial charge in [0.15, 0.2) is 0 Å². The van der Waals surface area contributed by atoms with Gasteiger partial charge in [-0.3, -0.25) is 0 Å². The number of carbonyl (C=O) groups is 2. The number of carboxylic acids is 1. The Morgan fingerprint density at radius 3 is 2.45 bits per heavy atom. The highest BCUT2D eigenvalue weighted by atomic mass is 32.1. The van der Waals surface area contributed by atoms with Gasteiger partial charge in [-0.2, -0.15) is 0 Å². The number of aromatic nitrogens is 1. The first-order valence-electron chi connectivity index (χ1n) is 6.78. The van der Waals surface area contributed by atoms with E-state index >= 15 is 0 Å². The minimum absolute atomic E-state index is 0.218. The lowest BCUT2D eigenvalue weighted by Gasteiger charge is -2.22. The Balaban J connectivity index is 2.14. The molecule has 120 valence electrons. The smallest absolute Gasteiger partial charge is 0.360 e. The molecule has 0 amide bonds. The summed E-state index contributed by atoms with van der Waals surface area (Å²) in [5, 5.41) is 15.2. The Bertz CT molecular complexity index is 625. The van der Waals surface area contributed by atoms with E-state index in [1.807, 2.05) is 0 Å². The van der Waals surface area contributed by atoms with Crippen molar-refractivity contribution in [2.45, 2.75) is 51.7 Å². The number of aliphatic carboxylic acids is 1. The third kappa shape index (κ3) is 3.82. The number of aryl methyl sites for hydroxylation is 1. The number of rotatable bonds is 5. The molecular weight excluding hydrogens is 308 g/mol. The fourth-order valence-electron chi connectivity index (χ4n) is 1.62. The summed E-state index contributed by atoms with van der Waals surface area (Å²) in [6, 6.07) is 0. The minimum Gasteiger partial charge on any atom is -0.476 e. The maximum atomic E-state index is 12.1. The Kier molecular flexibility index (Phi) is 4.23. The summed E-state index contributed by atoms with van der Waals surface area (Å²) in [5.74, 6) is -1.78. The summed E-state index contributed by atoms with van der Waals surface area (Å²) in [4.78, 5) is 32.7. The van der Waals surface area contributed by atoms with Crippen LogP contribution in [-0.4, -0.2) is 38.9 Å². The van der Waals surface area contributed by atoms with Crippen molar-refractivity contribution < 1.29 is 24.3 Å². The van der Waals surface area contributed by atoms with Gasteiger partial charge < -0.3 is 14.7 Å². The van der Waals surface area contributed by atoms with Gasteiger partial charge in [0.2, 0.25) is 11.3 Å². The van der Waals surface area contributed by atoms with E-state index in [1.165, 1.54) is 11.3 Å². The molecule has 1 heterocycles. The number of thiazole rings is 1. The molecule has 0 bridgehead atoms. The van der Waals surface area contributed by atoms with E-state index in [0.29, 0.717) is 12.8 Å². The lowest BCUT2D eigenvalue weighted by atomic mass is 10.2. The highest BCUT2D eigenvalue weighted by molar-refractivity contribution is 7.09. The van der Waals surface area contributed by atoms with Crippen LogP contribution in [0.2, 0.25) is 0 Å². The average molecular weight is 326 g/mol. The van der Waals surface area contributed by atoms with Gasteiger partial charge in [0, 0.05) is 18.2 Å². The van der Waals surface area contributed by atoms with Crippen LogP contribution in [0, 0.1) is 6.92 Å². The Morgan fingerprint density at radius 1 is 1.41 bits per heavy atom. The van der Waals surface area contributed by atoms with Crippen molar-refractivity contribution >= 4 is 29.0 Å². The van der Waals surface area contributed by atoms with Crippen LogP contribution < -0.4 is 0 Å². The molecule has 0 atom stereocenters. The van der Waals surface area contributed by atoms with Crippen molar-refractivity contribution in [2.24, 2.45) is 5.16 Å². The highest BCUT2D eigenvalue weighted by Gasteiger charge is 2.56. The van der Waals surface area contributed by atoms with Gasteiger partial charge in [0.05, 0.1) is 5.01 Å². The van der Waals surface area contributed by atoms with Crippen LogP contribution in [0.25, 0.3) is 0 Å². The van der Waals surface area contributed by atoms with Crippen molar-refractivity contribution in [3.05, 3.63) is 16.1 Å². The summed E-state index contributed by atoms with van der Waals surface area (Å²) < 4.78 is 5.27. The van der Waals surface area contributed by atoms with E-state index in [9.17, 15) is 14.7 Å². The van der Waals surface area contributed by atoms with Crippen LogP contribution >= 0.6 is 11.3 Å². The van der Waals surface area contributed by atoms with E-state index < -0.39 is 23.1 Å². The Morgan fingerprint density at radius 2 is 2.05 bits per heavy atom. The molecule has 0 spiro atoms. The zero-order valence-electron chi connectivity index (χ0n) is 12.9. The van der Waals surface area contributed by atoms with Crippen LogP contribution in [0.3, 0.4) is 0 Å². The molecule has 1 N–H and O–H groups in total. The molecule has 0 unspecified atom stereocenters. The lowest BCUT2D eigenvalue weighted by Crippen LogP contribution is -2.34. The summed E-state index contributed by atoms with van der Waals surface area (Å²) in [6.07, 6.45) is 0.906. The molecule has 2 rings (SSSR count). The molecule has 1 aliphatic carbocycles. The second-order valence-electron chi connectivity index (χ2n) is 6.08. The molecule has 1 aliphatic rings.